The van der Waals surface area contributed by atoms with Crippen LogP contribution >= 0.6 is 0 Å². The van der Waals surface area contributed by atoms with Gasteiger partial charge in [0.2, 0.25) is 0 Å². The third kappa shape index (κ3) is 2.61. The molecule has 1 aliphatic carbocycles. The average Bonchev–Trinajstić information content (AvgIpc) is 3.25. The molecule has 0 saturated heterocycles. The molecule has 0 aliphatic heterocycles. The maximum Gasteiger partial charge on any atom is 0.251 e. The maximum absolute atomic E-state index is 12.5. The van der Waals surface area contributed by atoms with E-state index in [1.165, 1.54) is 17.5 Å². The zero-order valence-electron chi connectivity index (χ0n) is 12.5. The van der Waals surface area contributed by atoms with Gasteiger partial charge in [-0.15, -0.1) is 0 Å². The standard InChI is InChI=1S/C18H16N4O/c23-18(21-17-10-7-13-3-1-2-4-16(13)17)14-5-8-15(9-6-14)22-12-19-11-20-22/h1-6,8-9,11-12,17H,7,10H2,(H,21,23)/t17-/m0/s1. The quantitative estimate of drug-likeness (QED) is 0.809. The van der Waals surface area contributed by atoms with Crippen LogP contribution in [0.1, 0.15) is 33.9 Å². The summed E-state index contributed by atoms with van der Waals surface area (Å²) in [5.41, 5.74) is 4.10. The molecule has 1 atom stereocenters. The zero-order chi connectivity index (χ0) is 15.6. The first-order valence-electron chi connectivity index (χ1n) is 7.65. The first-order chi connectivity index (χ1) is 11.3. The van der Waals surface area contributed by atoms with Crippen LogP contribution in [0.4, 0.5) is 0 Å². The fourth-order valence-corrected chi connectivity index (χ4v) is 3.06. The van der Waals surface area contributed by atoms with Gasteiger partial charge in [-0.2, -0.15) is 5.10 Å². The van der Waals surface area contributed by atoms with Crippen molar-refractivity contribution in [3.63, 3.8) is 0 Å². The Kier molecular flexibility index (Phi) is 3.38. The lowest BCUT2D eigenvalue weighted by Crippen LogP contribution is -2.27. The highest BCUT2D eigenvalue weighted by Crippen LogP contribution is 2.30. The molecule has 0 fully saturated rings. The molecule has 5 nitrogen and oxygen atoms in total. The van der Waals surface area contributed by atoms with Crippen LogP contribution in [-0.4, -0.2) is 20.7 Å². The fraction of sp³-hybridized carbons (Fsp3) is 0.167. The number of aryl methyl sites for hydroxylation is 1. The number of carbonyl (C=O) groups is 1. The summed E-state index contributed by atoms with van der Waals surface area (Å²) < 4.78 is 1.66. The molecule has 1 N–H and O–H groups in total. The van der Waals surface area contributed by atoms with Crippen molar-refractivity contribution in [1.82, 2.24) is 20.1 Å². The topological polar surface area (TPSA) is 59.8 Å². The smallest absolute Gasteiger partial charge is 0.251 e. The summed E-state index contributed by atoms with van der Waals surface area (Å²) in [6, 6.07) is 15.8. The SMILES string of the molecule is O=C(N[C@H]1CCc2ccccc21)c1ccc(-n2cncn2)cc1. The highest BCUT2D eigenvalue weighted by Gasteiger charge is 2.23. The molecule has 1 aromatic heterocycles. The Hall–Kier alpha value is -2.95. The number of nitrogens with one attached hydrogen (secondary N) is 1. The summed E-state index contributed by atoms with van der Waals surface area (Å²) in [5, 5.41) is 7.21. The molecule has 0 bridgehead atoms. The monoisotopic (exact) mass is 304 g/mol. The van der Waals surface area contributed by atoms with E-state index in [0.29, 0.717) is 5.56 Å². The van der Waals surface area contributed by atoms with E-state index in [9.17, 15) is 4.79 Å². The second kappa shape index (κ2) is 5.68. The van der Waals surface area contributed by atoms with Crippen molar-refractivity contribution in [3.05, 3.63) is 77.9 Å². The Morgan fingerprint density at radius 3 is 2.74 bits per heavy atom. The lowest BCUT2D eigenvalue weighted by Gasteiger charge is -2.14. The Morgan fingerprint density at radius 2 is 1.96 bits per heavy atom. The normalized spacial score (nSPS) is 16.1. The molecule has 0 radical (unpaired) electrons. The number of nitrogens with zero attached hydrogens (tertiary/aromatic N) is 3. The van der Waals surface area contributed by atoms with Gasteiger partial charge in [0, 0.05) is 5.56 Å². The summed E-state index contributed by atoms with van der Waals surface area (Å²) >= 11 is 0. The van der Waals surface area contributed by atoms with Crippen LogP contribution in [-0.2, 0) is 6.42 Å². The third-order valence-electron chi connectivity index (χ3n) is 4.25. The van der Waals surface area contributed by atoms with Gasteiger partial charge in [-0.1, -0.05) is 24.3 Å². The molecule has 5 heteroatoms. The van der Waals surface area contributed by atoms with Crippen LogP contribution in [0.15, 0.2) is 61.2 Å². The number of rotatable bonds is 3. The first-order valence-corrected chi connectivity index (χ1v) is 7.65. The maximum atomic E-state index is 12.5. The van der Waals surface area contributed by atoms with Crippen molar-refractivity contribution in [2.24, 2.45) is 0 Å². The van der Waals surface area contributed by atoms with Gasteiger partial charge in [-0.05, 0) is 48.2 Å². The first kappa shape index (κ1) is 13.7. The van der Waals surface area contributed by atoms with Crippen LogP contribution < -0.4 is 5.32 Å². The largest absolute Gasteiger partial charge is 0.345 e. The Labute approximate surface area is 134 Å². The number of hydrogen-bond acceptors (Lipinski definition) is 3. The van der Waals surface area contributed by atoms with Crippen molar-refractivity contribution in [1.29, 1.82) is 0 Å². The number of benzene rings is 2. The molecule has 3 aromatic rings. The van der Waals surface area contributed by atoms with E-state index in [2.05, 4.69) is 27.5 Å². The van der Waals surface area contributed by atoms with Gasteiger partial charge in [0.25, 0.3) is 5.91 Å². The molecule has 1 heterocycles. The number of hydrogen-bond donors (Lipinski definition) is 1. The molecular formula is C18H16N4O. The van der Waals surface area contributed by atoms with Gasteiger partial charge in [0.1, 0.15) is 12.7 Å². The molecule has 1 amide bonds. The summed E-state index contributed by atoms with van der Waals surface area (Å²) in [6.45, 7) is 0. The van der Waals surface area contributed by atoms with Gasteiger partial charge in [0.05, 0.1) is 11.7 Å². The van der Waals surface area contributed by atoms with Gasteiger partial charge < -0.3 is 5.32 Å². The zero-order valence-corrected chi connectivity index (χ0v) is 12.5. The number of aromatic nitrogens is 3. The molecule has 0 spiro atoms. The van der Waals surface area contributed by atoms with Crippen molar-refractivity contribution in [3.8, 4) is 5.69 Å². The lowest BCUT2D eigenvalue weighted by molar-refractivity contribution is 0.0936. The van der Waals surface area contributed by atoms with E-state index >= 15 is 0 Å². The lowest BCUT2D eigenvalue weighted by atomic mass is 10.1. The fourth-order valence-electron chi connectivity index (χ4n) is 3.06. The van der Waals surface area contributed by atoms with Gasteiger partial charge in [-0.25, -0.2) is 9.67 Å². The van der Waals surface area contributed by atoms with E-state index < -0.39 is 0 Å². The Bertz CT molecular complexity index is 824. The minimum Gasteiger partial charge on any atom is -0.345 e. The molecule has 1 aliphatic rings. The molecule has 2 aromatic carbocycles. The van der Waals surface area contributed by atoms with Gasteiger partial charge in [-0.3, -0.25) is 4.79 Å². The Balaban J connectivity index is 1.50. The Morgan fingerprint density at radius 1 is 1.13 bits per heavy atom. The van der Waals surface area contributed by atoms with E-state index in [4.69, 9.17) is 0 Å². The predicted octanol–water partition coefficient (Wildman–Crippen LogP) is 2.68. The van der Waals surface area contributed by atoms with Crippen LogP contribution in [0.5, 0.6) is 0 Å². The van der Waals surface area contributed by atoms with Gasteiger partial charge >= 0.3 is 0 Å². The van der Waals surface area contributed by atoms with Crippen LogP contribution in [0, 0.1) is 0 Å². The second-order valence-electron chi connectivity index (χ2n) is 5.65. The molecule has 0 saturated carbocycles. The summed E-state index contributed by atoms with van der Waals surface area (Å²) in [5.74, 6) is -0.0446. The number of fused-ring (bicyclic) bond motifs is 1. The molecule has 4 rings (SSSR count). The van der Waals surface area contributed by atoms with E-state index in [-0.39, 0.29) is 11.9 Å². The number of amides is 1. The minimum absolute atomic E-state index is 0.0446. The van der Waals surface area contributed by atoms with Crippen molar-refractivity contribution in [2.45, 2.75) is 18.9 Å². The predicted molar refractivity (Wildman–Crippen MR) is 86.3 cm³/mol. The van der Waals surface area contributed by atoms with Crippen LogP contribution in [0.25, 0.3) is 5.69 Å². The van der Waals surface area contributed by atoms with E-state index in [0.717, 1.165) is 18.5 Å². The second-order valence-corrected chi connectivity index (χ2v) is 5.65. The van der Waals surface area contributed by atoms with Crippen LogP contribution in [0.3, 0.4) is 0 Å². The molecular weight excluding hydrogens is 288 g/mol. The summed E-state index contributed by atoms with van der Waals surface area (Å²) in [4.78, 5) is 16.4. The van der Waals surface area contributed by atoms with Gasteiger partial charge in [0.15, 0.2) is 0 Å². The third-order valence-corrected chi connectivity index (χ3v) is 4.25. The molecule has 114 valence electrons. The summed E-state index contributed by atoms with van der Waals surface area (Å²) in [6.07, 6.45) is 5.09. The van der Waals surface area contributed by atoms with Crippen LogP contribution in [0.2, 0.25) is 0 Å². The van der Waals surface area contributed by atoms with Crippen molar-refractivity contribution >= 4 is 5.91 Å². The van der Waals surface area contributed by atoms with E-state index in [1.54, 1.807) is 11.0 Å². The van der Waals surface area contributed by atoms with Crippen molar-refractivity contribution < 1.29 is 4.79 Å². The highest BCUT2D eigenvalue weighted by molar-refractivity contribution is 5.94. The molecule has 23 heavy (non-hydrogen) atoms. The number of carbonyl (C=O) groups excluding carboxylic acids is 1. The van der Waals surface area contributed by atoms with E-state index in [1.807, 2.05) is 36.4 Å². The minimum atomic E-state index is -0.0446. The molecule has 0 unspecified atom stereocenters. The van der Waals surface area contributed by atoms with Crippen molar-refractivity contribution in [2.75, 3.05) is 0 Å². The average molecular weight is 304 g/mol. The summed E-state index contributed by atoms with van der Waals surface area (Å²) in [7, 11) is 0. The highest BCUT2D eigenvalue weighted by atomic mass is 16.1.